The van der Waals surface area contributed by atoms with E-state index in [0.717, 1.165) is 11.4 Å². The van der Waals surface area contributed by atoms with Crippen LogP contribution in [0.15, 0.2) is 24.3 Å². The highest BCUT2D eigenvalue weighted by Gasteiger charge is 2.28. The SMILES string of the molecule is Cc1nc(CC(C)C)sc1C(=O)NC(CC(=O)OC(C)C)c1ccccc1[N+](=O)[O-]. The summed E-state index contributed by atoms with van der Waals surface area (Å²) in [5, 5.41) is 15.1. The van der Waals surface area contributed by atoms with Crippen LogP contribution >= 0.6 is 11.3 Å². The fourth-order valence-electron chi connectivity index (χ4n) is 2.99. The van der Waals surface area contributed by atoms with Crippen LogP contribution in [-0.2, 0) is 16.0 Å². The molecule has 1 N–H and O–H groups in total. The van der Waals surface area contributed by atoms with Crippen LogP contribution in [0.4, 0.5) is 5.69 Å². The number of aryl methyl sites for hydroxylation is 1. The largest absolute Gasteiger partial charge is 0.463 e. The van der Waals surface area contributed by atoms with Crippen molar-refractivity contribution in [1.82, 2.24) is 10.3 Å². The Balaban J connectivity index is 2.34. The Morgan fingerprint density at radius 3 is 2.50 bits per heavy atom. The third-order valence-corrected chi connectivity index (χ3v) is 5.36. The maximum atomic E-state index is 13.0. The Hall–Kier alpha value is -2.81. The number of amides is 1. The number of carbonyl (C=O) groups is 2. The summed E-state index contributed by atoms with van der Waals surface area (Å²) in [6.07, 6.45) is 0.209. The minimum absolute atomic E-state index is 0.165. The molecular formula is C21H27N3O5S. The first kappa shape index (κ1) is 23.5. The van der Waals surface area contributed by atoms with Gasteiger partial charge in [0.15, 0.2) is 0 Å². The minimum Gasteiger partial charge on any atom is -0.463 e. The Labute approximate surface area is 179 Å². The average Bonchev–Trinajstić information content (AvgIpc) is 2.99. The fraction of sp³-hybridized carbons (Fsp3) is 0.476. The second kappa shape index (κ2) is 10.3. The smallest absolute Gasteiger partial charge is 0.308 e. The number of nitrogens with zero attached hydrogens (tertiary/aromatic N) is 2. The van der Waals surface area contributed by atoms with E-state index in [4.69, 9.17) is 4.74 Å². The van der Waals surface area contributed by atoms with Gasteiger partial charge >= 0.3 is 5.97 Å². The molecule has 0 fully saturated rings. The van der Waals surface area contributed by atoms with E-state index in [2.05, 4.69) is 24.1 Å². The molecule has 0 radical (unpaired) electrons. The molecule has 0 aliphatic heterocycles. The topological polar surface area (TPSA) is 111 Å². The lowest BCUT2D eigenvalue weighted by Gasteiger charge is -2.19. The normalized spacial score (nSPS) is 12.1. The summed E-state index contributed by atoms with van der Waals surface area (Å²) in [6, 6.07) is 5.16. The molecule has 2 rings (SSSR count). The molecule has 2 aromatic rings. The van der Waals surface area contributed by atoms with Crippen molar-refractivity contribution < 1.29 is 19.2 Å². The maximum Gasteiger partial charge on any atom is 0.308 e. The number of ether oxygens (including phenoxy) is 1. The highest BCUT2D eigenvalue weighted by Crippen LogP contribution is 2.29. The van der Waals surface area contributed by atoms with E-state index in [9.17, 15) is 19.7 Å². The molecule has 0 bridgehead atoms. The van der Waals surface area contributed by atoms with E-state index in [0.29, 0.717) is 16.5 Å². The van der Waals surface area contributed by atoms with Gasteiger partial charge in [0.1, 0.15) is 4.88 Å². The summed E-state index contributed by atoms with van der Waals surface area (Å²) in [4.78, 5) is 41.1. The molecule has 0 aliphatic rings. The molecule has 1 atom stereocenters. The molecule has 0 spiro atoms. The average molecular weight is 434 g/mol. The maximum absolute atomic E-state index is 13.0. The van der Waals surface area contributed by atoms with Crippen molar-refractivity contribution in [3.8, 4) is 0 Å². The van der Waals surface area contributed by atoms with E-state index >= 15 is 0 Å². The molecule has 1 heterocycles. The van der Waals surface area contributed by atoms with E-state index in [-0.39, 0.29) is 23.8 Å². The van der Waals surface area contributed by atoms with Gasteiger partial charge in [-0.1, -0.05) is 32.0 Å². The van der Waals surface area contributed by atoms with E-state index < -0.39 is 22.8 Å². The molecule has 1 aromatic carbocycles. The molecule has 9 heteroatoms. The Morgan fingerprint density at radius 2 is 1.90 bits per heavy atom. The minimum atomic E-state index is -0.902. The van der Waals surface area contributed by atoms with Crippen molar-refractivity contribution in [3.63, 3.8) is 0 Å². The van der Waals surface area contributed by atoms with Gasteiger partial charge in [-0.25, -0.2) is 4.98 Å². The number of thiazole rings is 1. The Kier molecular flexibility index (Phi) is 8.05. The van der Waals surface area contributed by atoms with Crippen LogP contribution in [0.3, 0.4) is 0 Å². The highest BCUT2D eigenvalue weighted by molar-refractivity contribution is 7.13. The second-order valence-electron chi connectivity index (χ2n) is 7.70. The van der Waals surface area contributed by atoms with Gasteiger partial charge in [0.25, 0.3) is 11.6 Å². The summed E-state index contributed by atoms with van der Waals surface area (Å²) >= 11 is 1.30. The van der Waals surface area contributed by atoms with Crippen LogP contribution in [0, 0.1) is 23.0 Å². The van der Waals surface area contributed by atoms with Crippen molar-refractivity contribution in [2.24, 2.45) is 5.92 Å². The number of carbonyl (C=O) groups excluding carboxylic acids is 2. The van der Waals surface area contributed by atoms with Crippen molar-refractivity contribution >= 4 is 28.9 Å². The molecule has 30 heavy (non-hydrogen) atoms. The van der Waals surface area contributed by atoms with Gasteiger partial charge in [0.05, 0.1) is 39.8 Å². The molecular weight excluding hydrogens is 406 g/mol. The molecule has 1 unspecified atom stereocenters. The second-order valence-corrected chi connectivity index (χ2v) is 8.79. The predicted molar refractivity (Wildman–Crippen MR) is 115 cm³/mol. The zero-order valence-electron chi connectivity index (χ0n) is 17.8. The number of esters is 1. The van der Waals surface area contributed by atoms with Crippen molar-refractivity contribution in [2.75, 3.05) is 0 Å². The van der Waals surface area contributed by atoms with Crippen molar-refractivity contribution in [1.29, 1.82) is 0 Å². The zero-order chi connectivity index (χ0) is 22.4. The first-order valence-electron chi connectivity index (χ1n) is 9.78. The van der Waals surface area contributed by atoms with Crippen LogP contribution in [0.5, 0.6) is 0 Å². The number of hydrogen-bond donors (Lipinski definition) is 1. The molecule has 0 aliphatic carbocycles. The fourth-order valence-corrected chi connectivity index (χ4v) is 4.17. The molecule has 0 saturated heterocycles. The van der Waals surface area contributed by atoms with Gasteiger partial charge in [-0.15, -0.1) is 11.3 Å². The zero-order valence-corrected chi connectivity index (χ0v) is 18.6. The van der Waals surface area contributed by atoms with E-state index in [1.54, 1.807) is 32.9 Å². The number of nitrogens with one attached hydrogen (secondary N) is 1. The number of benzene rings is 1. The van der Waals surface area contributed by atoms with Crippen molar-refractivity contribution in [3.05, 3.63) is 55.5 Å². The lowest BCUT2D eigenvalue weighted by atomic mass is 10.0. The van der Waals surface area contributed by atoms with Crippen LogP contribution in [-0.4, -0.2) is 27.9 Å². The monoisotopic (exact) mass is 433 g/mol. The number of aromatic nitrogens is 1. The quantitative estimate of drug-likeness (QED) is 0.357. The number of para-hydroxylation sites is 1. The third kappa shape index (κ3) is 6.35. The number of rotatable bonds is 9. The van der Waals surface area contributed by atoms with E-state index in [1.165, 1.54) is 23.5 Å². The summed E-state index contributed by atoms with van der Waals surface area (Å²) in [5.74, 6) is -0.563. The first-order valence-corrected chi connectivity index (χ1v) is 10.6. The number of nitro benzene ring substituents is 1. The first-order chi connectivity index (χ1) is 14.1. The van der Waals surface area contributed by atoms with Crippen molar-refractivity contribution in [2.45, 2.75) is 59.6 Å². The van der Waals surface area contributed by atoms with Gasteiger partial charge in [-0.2, -0.15) is 0 Å². The lowest BCUT2D eigenvalue weighted by molar-refractivity contribution is -0.385. The summed E-state index contributed by atoms with van der Waals surface area (Å²) < 4.78 is 5.19. The van der Waals surface area contributed by atoms with Gasteiger partial charge in [-0.05, 0) is 26.7 Å². The standard InChI is InChI=1S/C21H27N3O5S/c1-12(2)10-18-22-14(5)20(30-18)21(26)23-16(11-19(25)29-13(3)4)15-8-6-7-9-17(15)24(27)28/h6-9,12-13,16H,10-11H2,1-5H3,(H,23,26). The molecule has 0 saturated carbocycles. The van der Waals surface area contributed by atoms with Gasteiger partial charge in [0.2, 0.25) is 0 Å². The molecule has 162 valence electrons. The predicted octanol–water partition coefficient (Wildman–Crippen LogP) is 4.37. The number of nitro groups is 1. The Bertz CT molecular complexity index is 923. The molecule has 8 nitrogen and oxygen atoms in total. The third-order valence-electron chi connectivity index (χ3n) is 4.18. The molecule has 1 aromatic heterocycles. The van der Waals surface area contributed by atoms with Gasteiger partial charge in [0, 0.05) is 12.5 Å². The van der Waals surface area contributed by atoms with E-state index in [1.807, 2.05) is 0 Å². The van der Waals surface area contributed by atoms with Crippen LogP contribution in [0.2, 0.25) is 0 Å². The van der Waals surface area contributed by atoms with Crippen LogP contribution in [0.25, 0.3) is 0 Å². The van der Waals surface area contributed by atoms with Crippen LogP contribution in [0.1, 0.15) is 66.1 Å². The summed E-state index contributed by atoms with van der Waals surface area (Å²) in [6.45, 7) is 9.33. The van der Waals surface area contributed by atoms with Gasteiger partial charge < -0.3 is 10.1 Å². The molecule has 1 amide bonds. The Morgan fingerprint density at radius 1 is 1.23 bits per heavy atom. The van der Waals surface area contributed by atoms with Crippen LogP contribution < -0.4 is 5.32 Å². The lowest BCUT2D eigenvalue weighted by Crippen LogP contribution is -2.31. The summed E-state index contributed by atoms with van der Waals surface area (Å²) in [7, 11) is 0. The number of hydrogen-bond acceptors (Lipinski definition) is 7. The highest BCUT2D eigenvalue weighted by atomic mass is 32.1. The van der Waals surface area contributed by atoms with Gasteiger partial charge in [-0.3, -0.25) is 19.7 Å². The summed E-state index contributed by atoms with van der Waals surface area (Å²) in [5.41, 5.74) is 0.682.